The Labute approximate surface area is 146 Å². The fraction of sp³-hybridized carbons (Fsp3) is 0.368. The van der Waals surface area contributed by atoms with E-state index in [0.717, 1.165) is 56.0 Å². The van der Waals surface area contributed by atoms with Gasteiger partial charge in [0.2, 0.25) is 0 Å². The van der Waals surface area contributed by atoms with Gasteiger partial charge in [0.05, 0.1) is 12.0 Å². The number of imidazole rings is 1. The summed E-state index contributed by atoms with van der Waals surface area (Å²) in [6, 6.07) is 9.71. The van der Waals surface area contributed by atoms with Crippen molar-refractivity contribution in [3.8, 4) is 0 Å². The minimum atomic E-state index is 0.0454. The molecule has 3 aromatic rings. The molecule has 1 amide bonds. The fourth-order valence-corrected chi connectivity index (χ4v) is 3.33. The SMILES string of the molecule is O=C(c1nc2ccccn2c1CNCCc1ccco1)N1CCCC1. The molecule has 0 aromatic carbocycles. The first kappa shape index (κ1) is 15.9. The van der Waals surface area contributed by atoms with Crippen LogP contribution in [0.2, 0.25) is 0 Å². The third kappa shape index (κ3) is 3.30. The highest BCUT2D eigenvalue weighted by molar-refractivity contribution is 5.94. The monoisotopic (exact) mass is 338 g/mol. The number of nitrogens with zero attached hydrogens (tertiary/aromatic N) is 3. The van der Waals surface area contributed by atoms with Gasteiger partial charge in [-0.3, -0.25) is 4.79 Å². The van der Waals surface area contributed by atoms with E-state index in [1.165, 1.54) is 0 Å². The molecule has 0 aliphatic carbocycles. The van der Waals surface area contributed by atoms with E-state index in [0.29, 0.717) is 12.2 Å². The molecule has 1 fully saturated rings. The lowest BCUT2D eigenvalue weighted by atomic mass is 10.2. The second-order valence-electron chi connectivity index (χ2n) is 6.34. The average Bonchev–Trinajstić information content (AvgIpc) is 3.39. The highest BCUT2D eigenvalue weighted by Crippen LogP contribution is 2.18. The number of hydrogen-bond acceptors (Lipinski definition) is 4. The molecule has 1 saturated heterocycles. The number of amides is 1. The van der Waals surface area contributed by atoms with E-state index in [9.17, 15) is 4.79 Å². The molecule has 0 saturated carbocycles. The van der Waals surface area contributed by atoms with Gasteiger partial charge < -0.3 is 19.0 Å². The lowest BCUT2D eigenvalue weighted by Crippen LogP contribution is -2.29. The molecular weight excluding hydrogens is 316 g/mol. The van der Waals surface area contributed by atoms with Gasteiger partial charge in [-0.05, 0) is 37.1 Å². The van der Waals surface area contributed by atoms with E-state index in [2.05, 4.69) is 10.3 Å². The van der Waals surface area contributed by atoms with E-state index < -0.39 is 0 Å². The Morgan fingerprint density at radius 3 is 2.88 bits per heavy atom. The van der Waals surface area contributed by atoms with Gasteiger partial charge in [0.15, 0.2) is 5.69 Å². The van der Waals surface area contributed by atoms with Crippen LogP contribution in [0.15, 0.2) is 47.2 Å². The maximum atomic E-state index is 12.9. The lowest BCUT2D eigenvalue weighted by molar-refractivity contribution is 0.0786. The van der Waals surface area contributed by atoms with Gasteiger partial charge in [0.1, 0.15) is 11.4 Å². The van der Waals surface area contributed by atoms with Crippen molar-refractivity contribution in [2.24, 2.45) is 0 Å². The van der Waals surface area contributed by atoms with Crippen LogP contribution in [0.25, 0.3) is 5.65 Å². The van der Waals surface area contributed by atoms with Crippen molar-refractivity contribution in [1.82, 2.24) is 19.6 Å². The number of carbonyl (C=O) groups is 1. The normalized spacial score (nSPS) is 14.5. The molecule has 25 heavy (non-hydrogen) atoms. The molecule has 1 aliphatic rings. The molecule has 1 N–H and O–H groups in total. The summed E-state index contributed by atoms with van der Waals surface area (Å²) >= 11 is 0. The summed E-state index contributed by atoms with van der Waals surface area (Å²) in [5.74, 6) is 1.00. The quantitative estimate of drug-likeness (QED) is 0.702. The minimum absolute atomic E-state index is 0.0454. The molecule has 6 nitrogen and oxygen atoms in total. The van der Waals surface area contributed by atoms with Crippen molar-refractivity contribution in [1.29, 1.82) is 0 Å². The van der Waals surface area contributed by atoms with Crippen LogP contribution in [-0.4, -0.2) is 39.8 Å². The van der Waals surface area contributed by atoms with E-state index in [1.54, 1.807) is 6.26 Å². The molecule has 0 radical (unpaired) electrons. The van der Waals surface area contributed by atoms with Crippen LogP contribution < -0.4 is 5.32 Å². The Morgan fingerprint density at radius 2 is 2.08 bits per heavy atom. The molecule has 3 aromatic heterocycles. The zero-order valence-electron chi connectivity index (χ0n) is 14.1. The molecule has 0 spiro atoms. The van der Waals surface area contributed by atoms with Crippen LogP contribution in [-0.2, 0) is 13.0 Å². The first-order chi connectivity index (χ1) is 12.3. The van der Waals surface area contributed by atoms with Crippen molar-refractivity contribution >= 4 is 11.6 Å². The summed E-state index contributed by atoms with van der Waals surface area (Å²) in [5, 5.41) is 3.41. The van der Waals surface area contributed by atoms with Crippen LogP contribution in [0.3, 0.4) is 0 Å². The summed E-state index contributed by atoms with van der Waals surface area (Å²) < 4.78 is 7.36. The summed E-state index contributed by atoms with van der Waals surface area (Å²) in [7, 11) is 0. The number of aromatic nitrogens is 2. The van der Waals surface area contributed by atoms with Crippen LogP contribution in [0.5, 0.6) is 0 Å². The van der Waals surface area contributed by atoms with Crippen LogP contribution in [0.1, 0.15) is 34.8 Å². The first-order valence-electron chi connectivity index (χ1n) is 8.81. The summed E-state index contributed by atoms with van der Waals surface area (Å²) in [4.78, 5) is 19.4. The number of carbonyl (C=O) groups excluding carboxylic acids is 1. The summed E-state index contributed by atoms with van der Waals surface area (Å²) in [6.07, 6.45) is 6.63. The van der Waals surface area contributed by atoms with Gasteiger partial charge >= 0.3 is 0 Å². The second kappa shape index (κ2) is 7.11. The standard InChI is InChI=1S/C19H22N4O2/c24-19(22-10-3-4-11-22)18-16(23-12-2-1-7-17(23)21-18)14-20-9-8-15-6-5-13-25-15/h1-2,5-7,12-13,20H,3-4,8-11,14H2. The number of fused-ring (bicyclic) bond motifs is 1. The topological polar surface area (TPSA) is 62.8 Å². The van der Waals surface area contributed by atoms with Gasteiger partial charge in [-0.15, -0.1) is 0 Å². The lowest BCUT2D eigenvalue weighted by Gasteiger charge is -2.15. The third-order valence-corrected chi connectivity index (χ3v) is 4.65. The zero-order chi connectivity index (χ0) is 17.1. The van der Waals surface area contributed by atoms with Gasteiger partial charge in [-0.1, -0.05) is 6.07 Å². The molecule has 4 heterocycles. The van der Waals surface area contributed by atoms with Gasteiger partial charge in [-0.25, -0.2) is 4.98 Å². The molecule has 6 heteroatoms. The zero-order valence-corrected chi connectivity index (χ0v) is 14.1. The Balaban J connectivity index is 1.52. The molecule has 0 atom stereocenters. The molecule has 1 aliphatic heterocycles. The predicted molar refractivity (Wildman–Crippen MR) is 94.4 cm³/mol. The second-order valence-corrected chi connectivity index (χ2v) is 6.34. The molecule has 0 bridgehead atoms. The maximum Gasteiger partial charge on any atom is 0.274 e. The minimum Gasteiger partial charge on any atom is -0.469 e. The highest BCUT2D eigenvalue weighted by atomic mass is 16.3. The van der Waals surface area contributed by atoms with Gasteiger partial charge in [0, 0.05) is 38.8 Å². The van der Waals surface area contributed by atoms with Crippen LogP contribution in [0, 0.1) is 0 Å². The van der Waals surface area contributed by atoms with Crippen molar-refractivity contribution in [3.05, 3.63) is 59.9 Å². The van der Waals surface area contributed by atoms with E-state index in [1.807, 2.05) is 45.8 Å². The highest BCUT2D eigenvalue weighted by Gasteiger charge is 2.25. The molecule has 4 rings (SSSR count). The van der Waals surface area contributed by atoms with Crippen LogP contribution >= 0.6 is 0 Å². The Bertz CT molecular complexity index is 848. The van der Waals surface area contributed by atoms with Crippen molar-refractivity contribution in [3.63, 3.8) is 0 Å². The number of rotatable bonds is 6. The van der Waals surface area contributed by atoms with Crippen molar-refractivity contribution < 1.29 is 9.21 Å². The third-order valence-electron chi connectivity index (χ3n) is 4.65. The Kier molecular flexibility index (Phi) is 4.52. The fourth-order valence-electron chi connectivity index (χ4n) is 3.33. The molecule has 0 unspecified atom stereocenters. The van der Waals surface area contributed by atoms with Gasteiger partial charge in [-0.2, -0.15) is 0 Å². The largest absolute Gasteiger partial charge is 0.469 e. The number of hydrogen-bond donors (Lipinski definition) is 1. The van der Waals surface area contributed by atoms with Crippen LogP contribution in [0.4, 0.5) is 0 Å². The Morgan fingerprint density at radius 1 is 1.20 bits per heavy atom. The van der Waals surface area contributed by atoms with E-state index in [4.69, 9.17) is 4.42 Å². The van der Waals surface area contributed by atoms with E-state index >= 15 is 0 Å². The number of likely N-dealkylation sites (tertiary alicyclic amines) is 1. The van der Waals surface area contributed by atoms with Crippen molar-refractivity contribution in [2.75, 3.05) is 19.6 Å². The van der Waals surface area contributed by atoms with Gasteiger partial charge in [0.25, 0.3) is 5.91 Å². The average molecular weight is 338 g/mol. The first-order valence-corrected chi connectivity index (χ1v) is 8.81. The summed E-state index contributed by atoms with van der Waals surface area (Å²) in [6.45, 7) is 3.04. The maximum absolute atomic E-state index is 12.9. The number of pyridine rings is 1. The van der Waals surface area contributed by atoms with Crippen molar-refractivity contribution in [2.45, 2.75) is 25.8 Å². The molecular formula is C19H22N4O2. The number of nitrogens with one attached hydrogen (secondary N) is 1. The number of furan rings is 1. The molecule has 130 valence electrons. The summed E-state index contributed by atoms with van der Waals surface area (Å²) in [5.41, 5.74) is 2.30. The Hall–Kier alpha value is -2.60. The smallest absolute Gasteiger partial charge is 0.274 e. The van der Waals surface area contributed by atoms with E-state index in [-0.39, 0.29) is 5.91 Å². The predicted octanol–water partition coefficient (Wildman–Crippen LogP) is 2.50.